The molecule has 0 radical (unpaired) electrons. The Morgan fingerprint density at radius 2 is 1.86 bits per heavy atom. The van der Waals surface area contributed by atoms with Crippen molar-refractivity contribution >= 4 is 5.91 Å². The highest BCUT2D eigenvalue weighted by molar-refractivity contribution is 5.76. The van der Waals surface area contributed by atoms with Crippen molar-refractivity contribution in [2.45, 2.75) is 32.4 Å². The van der Waals surface area contributed by atoms with E-state index in [-0.39, 0.29) is 24.1 Å². The predicted molar refractivity (Wildman–Crippen MR) is 99.9 cm³/mol. The molecule has 0 saturated carbocycles. The Morgan fingerprint density at radius 1 is 1.14 bits per heavy atom. The number of hydrogen-bond acceptors (Lipinski definition) is 4. The van der Waals surface area contributed by atoms with Gasteiger partial charge in [0, 0.05) is 18.4 Å². The van der Waals surface area contributed by atoms with Crippen LogP contribution in [0.3, 0.4) is 0 Å². The van der Waals surface area contributed by atoms with Gasteiger partial charge in [0.15, 0.2) is 11.7 Å². The van der Waals surface area contributed by atoms with Crippen molar-refractivity contribution in [2.24, 2.45) is 0 Å². The molecule has 1 unspecified atom stereocenters. The van der Waals surface area contributed by atoms with Crippen LogP contribution in [0.25, 0.3) is 11.3 Å². The fourth-order valence-electron chi connectivity index (χ4n) is 2.72. The number of rotatable bonds is 8. The van der Waals surface area contributed by atoms with E-state index in [1.54, 1.807) is 18.3 Å². The van der Waals surface area contributed by atoms with E-state index in [1.807, 2.05) is 37.3 Å². The largest absolute Gasteiger partial charge is 0.441 e. The third-order valence-corrected chi connectivity index (χ3v) is 4.16. The van der Waals surface area contributed by atoms with Crippen molar-refractivity contribution in [2.75, 3.05) is 0 Å². The molecule has 28 heavy (non-hydrogen) atoms. The van der Waals surface area contributed by atoms with Gasteiger partial charge < -0.3 is 14.5 Å². The molecule has 1 atom stereocenters. The lowest BCUT2D eigenvalue weighted by Gasteiger charge is -2.14. The van der Waals surface area contributed by atoms with Crippen LogP contribution < -0.4 is 10.1 Å². The van der Waals surface area contributed by atoms with Crippen LogP contribution in [0.4, 0.5) is 8.78 Å². The topological polar surface area (TPSA) is 64.4 Å². The number of aromatic nitrogens is 1. The maximum absolute atomic E-state index is 12.2. The Balaban J connectivity index is 1.49. The highest BCUT2D eigenvalue weighted by Crippen LogP contribution is 2.21. The standard InChI is InChI=1S/C21H20F2N2O3/c1-14(15-7-9-17(10-8-15)27-21(22)23)25-19(26)11-12-20-24-13-18(28-20)16-5-3-2-4-6-16/h2-10,13-14,21H,11-12H2,1H3,(H,25,26). The lowest BCUT2D eigenvalue weighted by molar-refractivity contribution is -0.121. The number of ether oxygens (including phenoxy) is 1. The van der Waals surface area contributed by atoms with Crippen molar-refractivity contribution in [1.29, 1.82) is 0 Å². The van der Waals surface area contributed by atoms with Crippen LogP contribution in [-0.2, 0) is 11.2 Å². The van der Waals surface area contributed by atoms with Crippen LogP contribution >= 0.6 is 0 Å². The minimum Gasteiger partial charge on any atom is -0.441 e. The molecule has 1 heterocycles. The average Bonchev–Trinajstić information content (AvgIpc) is 3.16. The molecule has 7 heteroatoms. The molecule has 5 nitrogen and oxygen atoms in total. The SMILES string of the molecule is CC(NC(=O)CCc1ncc(-c2ccccc2)o1)c1ccc(OC(F)F)cc1. The summed E-state index contributed by atoms with van der Waals surface area (Å²) in [6.45, 7) is -1.04. The van der Waals surface area contributed by atoms with E-state index >= 15 is 0 Å². The number of amides is 1. The van der Waals surface area contributed by atoms with Gasteiger partial charge in [-0.05, 0) is 24.6 Å². The number of hydrogen-bond donors (Lipinski definition) is 1. The number of aryl methyl sites for hydroxylation is 1. The van der Waals surface area contributed by atoms with E-state index < -0.39 is 6.61 Å². The minimum atomic E-state index is -2.86. The molecular weight excluding hydrogens is 366 g/mol. The monoisotopic (exact) mass is 386 g/mol. The fraction of sp³-hybridized carbons (Fsp3) is 0.238. The van der Waals surface area contributed by atoms with E-state index in [0.717, 1.165) is 11.1 Å². The van der Waals surface area contributed by atoms with Gasteiger partial charge in [-0.3, -0.25) is 4.79 Å². The smallest absolute Gasteiger partial charge is 0.387 e. The van der Waals surface area contributed by atoms with Gasteiger partial charge in [0.1, 0.15) is 5.75 Å². The normalized spacial score (nSPS) is 12.0. The summed E-state index contributed by atoms with van der Waals surface area (Å²) in [6.07, 6.45) is 2.26. The third kappa shape index (κ3) is 5.39. The molecule has 0 aliphatic carbocycles. The van der Waals surface area contributed by atoms with Crippen molar-refractivity contribution in [3.63, 3.8) is 0 Å². The van der Waals surface area contributed by atoms with Gasteiger partial charge in [-0.1, -0.05) is 42.5 Å². The molecule has 1 N–H and O–H groups in total. The van der Waals surface area contributed by atoms with Crippen LogP contribution in [0.5, 0.6) is 5.75 Å². The molecule has 146 valence electrons. The van der Waals surface area contributed by atoms with E-state index in [4.69, 9.17) is 4.42 Å². The van der Waals surface area contributed by atoms with Gasteiger partial charge >= 0.3 is 6.61 Å². The maximum atomic E-state index is 12.2. The summed E-state index contributed by atoms with van der Waals surface area (Å²) in [7, 11) is 0. The van der Waals surface area contributed by atoms with E-state index in [9.17, 15) is 13.6 Å². The molecule has 2 aromatic carbocycles. The van der Waals surface area contributed by atoms with E-state index in [1.165, 1.54) is 12.1 Å². The summed E-state index contributed by atoms with van der Waals surface area (Å²) in [4.78, 5) is 16.4. The zero-order valence-electron chi connectivity index (χ0n) is 15.3. The van der Waals surface area contributed by atoms with Gasteiger partial charge in [-0.25, -0.2) is 4.98 Å². The second-order valence-electron chi connectivity index (χ2n) is 6.22. The summed E-state index contributed by atoms with van der Waals surface area (Å²) >= 11 is 0. The lowest BCUT2D eigenvalue weighted by atomic mass is 10.1. The van der Waals surface area contributed by atoms with Gasteiger partial charge in [0.2, 0.25) is 5.91 Å². The maximum Gasteiger partial charge on any atom is 0.387 e. The second kappa shape index (κ2) is 9.12. The number of carbonyl (C=O) groups is 1. The Bertz CT molecular complexity index is 896. The first-order valence-corrected chi connectivity index (χ1v) is 8.85. The van der Waals surface area contributed by atoms with Crippen molar-refractivity contribution < 1.29 is 22.7 Å². The van der Waals surface area contributed by atoms with Crippen LogP contribution in [0.15, 0.2) is 65.2 Å². The number of carbonyl (C=O) groups excluding carboxylic acids is 1. The molecule has 0 bridgehead atoms. The van der Waals surface area contributed by atoms with Crippen molar-refractivity contribution in [1.82, 2.24) is 10.3 Å². The van der Waals surface area contributed by atoms with Crippen LogP contribution in [-0.4, -0.2) is 17.5 Å². The molecule has 0 spiro atoms. The summed E-state index contributed by atoms with van der Waals surface area (Å²) in [5.41, 5.74) is 1.72. The van der Waals surface area contributed by atoms with Gasteiger partial charge in [-0.2, -0.15) is 8.78 Å². The van der Waals surface area contributed by atoms with E-state index in [2.05, 4.69) is 15.0 Å². The number of oxazole rings is 1. The first-order valence-electron chi connectivity index (χ1n) is 8.85. The van der Waals surface area contributed by atoms with E-state index in [0.29, 0.717) is 18.1 Å². The Kier molecular flexibility index (Phi) is 6.37. The first kappa shape index (κ1) is 19.5. The third-order valence-electron chi connectivity index (χ3n) is 4.16. The molecular formula is C21H20F2N2O3. The van der Waals surface area contributed by atoms with Crippen molar-refractivity contribution in [3.05, 3.63) is 72.2 Å². The van der Waals surface area contributed by atoms with Crippen LogP contribution in [0, 0.1) is 0 Å². The fourth-order valence-corrected chi connectivity index (χ4v) is 2.72. The van der Waals surface area contributed by atoms with Crippen molar-refractivity contribution in [3.8, 4) is 17.1 Å². The second-order valence-corrected chi connectivity index (χ2v) is 6.22. The number of benzene rings is 2. The number of halogens is 2. The van der Waals surface area contributed by atoms with Gasteiger partial charge in [0.05, 0.1) is 12.2 Å². The number of alkyl halides is 2. The predicted octanol–water partition coefficient (Wildman–Crippen LogP) is 4.75. The molecule has 0 fully saturated rings. The van der Waals surface area contributed by atoms with Gasteiger partial charge in [-0.15, -0.1) is 0 Å². The molecule has 3 rings (SSSR count). The molecule has 0 saturated heterocycles. The average molecular weight is 386 g/mol. The Morgan fingerprint density at radius 3 is 2.54 bits per heavy atom. The molecule has 0 aliphatic heterocycles. The summed E-state index contributed by atoms with van der Waals surface area (Å²) in [5, 5.41) is 2.87. The highest BCUT2D eigenvalue weighted by Gasteiger charge is 2.13. The number of nitrogens with zero attached hydrogens (tertiary/aromatic N) is 1. The Hall–Kier alpha value is -3.22. The molecule has 1 aromatic heterocycles. The summed E-state index contributed by atoms with van der Waals surface area (Å²) in [6, 6.07) is 15.5. The van der Waals surface area contributed by atoms with Crippen LogP contribution in [0.2, 0.25) is 0 Å². The van der Waals surface area contributed by atoms with Crippen LogP contribution in [0.1, 0.15) is 30.8 Å². The lowest BCUT2D eigenvalue weighted by Crippen LogP contribution is -2.26. The van der Waals surface area contributed by atoms with Gasteiger partial charge in [0.25, 0.3) is 0 Å². The summed E-state index contributed by atoms with van der Waals surface area (Å²) < 4.78 is 34.4. The quantitative estimate of drug-likeness (QED) is 0.607. The highest BCUT2D eigenvalue weighted by atomic mass is 19.3. The Labute approximate surface area is 161 Å². The zero-order chi connectivity index (χ0) is 19.9. The minimum absolute atomic E-state index is 0.0791. The molecule has 3 aromatic rings. The zero-order valence-corrected chi connectivity index (χ0v) is 15.3. The first-order chi connectivity index (χ1) is 13.5. The summed E-state index contributed by atoms with van der Waals surface area (Å²) in [5.74, 6) is 1.08. The molecule has 0 aliphatic rings. The number of nitrogens with one attached hydrogen (secondary N) is 1. The molecule has 1 amide bonds.